The zero-order valence-electron chi connectivity index (χ0n) is 17.0. The van der Waals surface area contributed by atoms with Crippen LogP contribution in [0.3, 0.4) is 0 Å². The maximum absolute atomic E-state index is 13.1. The van der Waals surface area contributed by atoms with Crippen LogP contribution in [0.25, 0.3) is 0 Å². The number of nitrogens with zero attached hydrogens (tertiary/aromatic N) is 7. The minimum atomic E-state index is -0.259. The molecular weight excluding hydrogens is 369 g/mol. The van der Waals surface area contributed by atoms with Gasteiger partial charge in [0.1, 0.15) is 5.82 Å². The second-order valence-electron chi connectivity index (χ2n) is 7.65. The number of piperidine rings is 2. The molecule has 3 heterocycles. The van der Waals surface area contributed by atoms with E-state index < -0.39 is 0 Å². The summed E-state index contributed by atoms with van der Waals surface area (Å²) in [5, 5.41) is 6.12. The van der Waals surface area contributed by atoms with Crippen molar-refractivity contribution >= 4 is 24.1 Å². The van der Waals surface area contributed by atoms with Crippen LogP contribution in [0.2, 0.25) is 0 Å². The molecule has 0 atom stereocenters. The van der Waals surface area contributed by atoms with Crippen molar-refractivity contribution in [2.75, 3.05) is 48.0 Å². The molecule has 154 valence electrons. The van der Waals surface area contributed by atoms with Gasteiger partial charge in [-0.15, -0.1) is 0 Å². The van der Waals surface area contributed by atoms with Crippen LogP contribution in [0.1, 0.15) is 44.1 Å². The molecule has 8 heteroatoms. The van der Waals surface area contributed by atoms with Crippen LogP contribution < -0.4 is 14.8 Å². The summed E-state index contributed by atoms with van der Waals surface area (Å²) >= 11 is 0. The second kappa shape index (κ2) is 9.15. The Bertz CT molecular complexity index is 791. The van der Waals surface area contributed by atoms with Gasteiger partial charge in [0.2, 0.25) is 11.9 Å². The van der Waals surface area contributed by atoms with Crippen LogP contribution in [-0.4, -0.2) is 54.4 Å². The lowest BCUT2D eigenvalue weighted by Gasteiger charge is -2.30. The molecule has 2 aliphatic rings. The molecule has 2 saturated heterocycles. The third-order valence-corrected chi connectivity index (χ3v) is 5.42. The Kier molecular flexibility index (Phi) is 6.17. The molecule has 0 amide bonds. The van der Waals surface area contributed by atoms with Gasteiger partial charge >= 0.3 is 0 Å². The average molecular weight is 398 g/mol. The highest BCUT2D eigenvalue weighted by Crippen LogP contribution is 2.23. The summed E-state index contributed by atoms with van der Waals surface area (Å²) in [6.45, 7) is 3.91. The van der Waals surface area contributed by atoms with Crippen molar-refractivity contribution in [3.05, 3.63) is 35.6 Å². The summed E-state index contributed by atoms with van der Waals surface area (Å²) in [5.74, 6) is 1.74. The van der Waals surface area contributed by atoms with Gasteiger partial charge in [-0.25, -0.2) is 9.40 Å². The number of hydrazone groups is 1. The molecule has 0 spiro atoms. The Morgan fingerprint density at radius 3 is 1.86 bits per heavy atom. The van der Waals surface area contributed by atoms with E-state index in [1.54, 1.807) is 23.4 Å². The molecule has 1 aromatic heterocycles. The Balaban J connectivity index is 1.60. The molecule has 0 bridgehead atoms. The highest BCUT2D eigenvalue weighted by Gasteiger charge is 2.21. The first-order valence-corrected chi connectivity index (χ1v) is 10.5. The quantitative estimate of drug-likeness (QED) is 0.569. The van der Waals surface area contributed by atoms with Crippen molar-refractivity contribution in [2.45, 2.75) is 38.5 Å². The van der Waals surface area contributed by atoms with Crippen LogP contribution in [0.4, 0.5) is 22.2 Å². The van der Waals surface area contributed by atoms with Crippen molar-refractivity contribution < 1.29 is 4.39 Å². The number of anilines is 3. The molecule has 2 fully saturated rings. The lowest BCUT2D eigenvalue weighted by Crippen LogP contribution is -2.35. The third kappa shape index (κ3) is 4.99. The van der Waals surface area contributed by atoms with Gasteiger partial charge in [-0.3, -0.25) is 0 Å². The van der Waals surface area contributed by atoms with Crippen molar-refractivity contribution in [2.24, 2.45) is 5.10 Å². The number of aromatic nitrogens is 3. The summed E-state index contributed by atoms with van der Waals surface area (Å²) < 4.78 is 13.1. The summed E-state index contributed by atoms with van der Waals surface area (Å²) in [7, 11) is 1.83. The molecule has 2 aromatic rings. The molecule has 0 saturated carbocycles. The van der Waals surface area contributed by atoms with Gasteiger partial charge < -0.3 is 9.80 Å². The van der Waals surface area contributed by atoms with Crippen molar-refractivity contribution in [1.82, 2.24) is 15.0 Å². The van der Waals surface area contributed by atoms with Gasteiger partial charge in [-0.1, -0.05) is 12.1 Å². The molecule has 1 aromatic carbocycles. The largest absolute Gasteiger partial charge is 0.341 e. The van der Waals surface area contributed by atoms with Gasteiger partial charge in [0.25, 0.3) is 5.95 Å². The highest BCUT2D eigenvalue weighted by molar-refractivity contribution is 5.80. The number of rotatable bonds is 5. The fourth-order valence-electron chi connectivity index (χ4n) is 3.71. The van der Waals surface area contributed by atoms with E-state index in [9.17, 15) is 4.39 Å². The fraction of sp³-hybridized carbons (Fsp3) is 0.524. The van der Waals surface area contributed by atoms with Crippen molar-refractivity contribution in [1.29, 1.82) is 0 Å². The predicted octanol–water partition coefficient (Wildman–Crippen LogP) is 3.46. The van der Waals surface area contributed by atoms with Crippen LogP contribution >= 0.6 is 0 Å². The molecule has 0 N–H and O–H groups in total. The fourth-order valence-corrected chi connectivity index (χ4v) is 3.71. The second-order valence-corrected chi connectivity index (χ2v) is 7.65. The van der Waals surface area contributed by atoms with Gasteiger partial charge in [0, 0.05) is 33.2 Å². The van der Waals surface area contributed by atoms with E-state index in [1.165, 1.54) is 50.7 Å². The summed E-state index contributed by atoms with van der Waals surface area (Å²) in [6.07, 6.45) is 8.86. The van der Waals surface area contributed by atoms with Crippen molar-refractivity contribution in [3.8, 4) is 0 Å². The smallest absolute Gasteiger partial charge is 0.252 e. The molecular formula is C21H28FN7. The molecule has 0 radical (unpaired) electrons. The molecule has 4 rings (SSSR count). The first-order valence-electron chi connectivity index (χ1n) is 10.5. The summed E-state index contributed by atoms with van der Waals surface area (Å²) in [5.41, 5.74) is 0.819. The first-order chi connectivity index (χ1) is 14.2. The Morgan fingerprint density at radius 2 is 1.34 bits per heavy atom. The Morgan fingerprint density at radius 1 is 0.828 bits per heavy atom. The number of benzene rings is 1. The van der Waals surface area contributed by atoms with E-state index in [4.69, 9.17) is 15.0 Å². The topological polar surface area (TPSA) is 60.8 Å². The number of halogens is 1. The van der Waals surface area contributed by atoms with E-state index in [2.05, 4.69) is 14.9 Å². The average Bonchev–Trinajstić information content (AvgIpc) is 2.79. The minimum absolute atomic E-state index is 0.259. The third-order valence-electron chi connectivity index (χ3n) is 5.42. The Hall–Kier alpha value is -2.77. The SMILES string of the molecule is CN(/N=C\c1ccc(F)cc1)c1nc(N2CCCCC2)nc(N2CCCCC2)n1. The van der Waals surface area contributed by atoms with Crippen LogP contribution in [0.15, 0.2) is 29.4 Å². The van der Waals surface area contributed by atoms with Crippen LogP contribution in [-0.2, 0) is 0 Å². The normalized spacial score (nSPS) is 17.7. The predicted molar refractivity (Wildman–Crippen MR) is 114 cm³/mol. The van der Waals surface area contributed by atoms with Crippen molar-refractivity contribution in [3.63, 3.8) is 0 Å². The first kappa shape index (κ1) is 19.5. The van der Waals surface area contributed by atoms with Gasteiger partial charge in [-0.2, -0.15) is 20.1 Å². The van der Waals surface area contributed by atoms with Gasteiger partial charge in [0.05, 0.1) is 6.21 Å². The molecule has 0 aliphatic carbocycles. The molecule has 2 aliphatic heterocycles. The maximum Gasteiger partial charge on any atom is 0.252 e. The van der Waals surface area contributed by atoms with Crippen LogP contribution in [0, 0.1) is 5.82 Å². The number of hydrogen-bond acceptors (Lipinski definition) is 7. The van der Waals surface area contributed by atoms with E-state index in [1.807, 2.05) is 7.05 Å². The zero-order chi connectivity index (χ0) is 20.1. The van der Waals surface area contributed by atoms with Gasteiger partial charge in [0.15, 0.2) is 0 Å². The summed E-state index contributed by atoms with van der Waals surface area (Å²) in [6, 6.07) is 6.23. The molecule has 29 heavy (non-hydrogen) atoms. The monoisotopic (exact) mass is 397 g/mol. The maximum atomic E-state index is 13.1. The molecule has 0 unspecified atom stereocenters. The molecule has 7 nitrogen and oxygen atoms in total. The van der Waals surface area contributed by atoms with Crippen LogP contribution in [0.5, 0.6) is 0 Å². The van der Waals surface area contributed by atoms with E-state index in [-0.39, 0.29) is 5.82 Å². The number of hydrogen-bond donors (Lipinski definition) is 0. The van der Waals surface area contributed by atoms with Gasteiger partial charge in [-0.05, 0) is 56.2 Å². The van der Waals surface area contributed by atoms with E-state index >= 15 is 0 Å². The van der Waals surface area contributed by atoms with E-state index in [0.717, 1.165) is 43.6 Å². The lowest BCUT2D eigenvalue weighted by molar-refractivity contribution is 0.555. The summed E-state index contributed by atoms with van der Waals surface area (Å²) in [4.78, 5) is 18.7. The lowest BCUT2D eigenvalue weighted by atomic mass is 10.1. The minimum Gasteiger partial charge on any atom is -0.341 e. The highest BCUT2D eigenvalue weighted by atomic mass is 19.1. The Labute approximate surface area is 171 Å². The standard InChI is InChI=1S/C21H28FN7/c1-27(23-16-17-8-10-18(22)11-9-17)19-24-20(28-12-4-2-5-13-28)26-21(25-19)29-14-6-3-7-15-29/h8-11,16H,2-7,12-15H2,1H3/b23-16-. The van der Waals surface area contributed by atoms with E-state index in [0.29, 0.717) is 5.95 Å². The zero-order valence-corrected chi connectivity index (χ0v) is 17.0.